The first-order valence-electron chi connectivity index (χ1n) is 4.60. The van der Waals surface area contributed by atoms with Gasteiger partial charge < -0.3 is 10.8 Å². The molecule has 0 aromatic heterocycles. The van der Waals surface area contributed by atoms with Crippen LogP contribution >= 0.6 is 35.0 Å². The van der Waals surface area contributed by atoms with E-state index < -0.39 is 0 Å². The number of aliphatic hydroxyl groups excluding tert-OH is 1. The van der Waals surface area contributed by atoms with Crippen molar-refractivity contribution < 1.29 is 5.11 Å². The first-order valence-corrected chi connectivity index (χ1v) is 5.68. The smallest absolute Gasteiger partial charge is 0.0500 e. The van der Waals surface area contributed by atoms with Crippen LogP contribution in [-0.4, -0.2) is 11.7 Å². The van der Waals surface area contributed by atoms with Gasteiger partial charge >= 0.3 is 0 Å². The fourth-order valence-electron chi connectivity index (χ4n) is 1.25. The van der Waals surface area contributed by atoms with E-state index in [0.717, 1.165) is 9.13 Å². The summed E-state index contributed by atoms with van der Waals surface area (Å²) >= 11 is 2.27. The largest absolute Gasteiger partial charge is 0.396 e. The number of hydrogen-bond donors (Lipinski definition) is 2. The molecular weight excluding hydrogens is 324 g/mol. The summed E-state index contributed by atoms with van der Waals surface area (Å²) < 4.78 is 1.15. The van der Waals surface area contributed by atoms with Crippen molar-refractivity contribution in [1.82, 2.24) is 0 Å². The summed E-state index contributed by atoms with van der Waals surface area (Å²) in [4.78, 5) is 0. The van der Waals surface area contributed by atoms with Crippen LogP contribution in [0.25, 0.3) is 0 Å². The molecule has 1 atom stereocenters. The van der Waals surface area contributed by atoms with Crippen LogP contribution in [-0.2, 0) is 0 Å². The molecule has 0 unspecified atom stereocenters. The molecule has 0 spiro atoms. The van der Waals surface area contributed by atoms with Gasteiger partial charge in [0.2, 0.25) is 0 Å². The molecule has 0 aliphatic carbocycles. The molecule has 3 N–H and O–H groups in total. The molecule has 0 saturated heterocycles. The Balaban J connectivity index is 0.00000196. The van der Waals surface area contributed by atoms with E-state index >= 15 is 0 Å². The number of halogens is 2. The molecule has 0 aliphatic heterocycles. The van der Waals surface area contributed by atoms with Gasteiger partial charge in [0, 0.05) is 21.6 Å². The van der Waals surface area contributed by atoms with Crippen LogP contribution in [0, 0.1) is 8.99 Å². The molecular formula is C11H17ClINO. The predicted octanol–water partition coefficient (Wildman–Crippen LogP) is 2.73. The minimum absolute atomic E-state index is 0. The van der Waals surface area contributed by atoms with Crippen LogP contribution in [0.15, 0.2) is 24.3 Å². The Hall–Kier alpha value is 0.160. The Morgan fingerprint density at radius 2 is 1.93 bits per heavy atom. The van der Waals surface area contributed by atoms with E-state index in [-0.39, 0.29) is 30.5 Å². The molecule has 1 rings (SSSR count). The second kappa shape index (κ2) is 6.03. The van der Waals surface area contributed by atoms with Crippen molar-refractivity contribution in [2.24, 2.45) is 11.1 Å². The van der Waals surface area contributed by atoms with Crippen LogP contribution in [0.5, 0.6) is 0 Å². The summed E-state index contributed by atoms with van der Waals surface area (Å²) in [5.74, 6) is 0. The highest BCUT2D eigenvalue weighted by Crippen LogP contribution is 2.32. The molecule has 0 amide bonds. The number of benzene rings is 1. The van der Waals surface area contributed by atoms with Gasteiger partial charge in [-0.3, -0.25) is 0 Å². The molecule has 0 radical (unpaired) electrons. The van der Waals surface area contributed by atoms with E-state index in [4.69, 9.17) is 5.73 Å². The van der Waals surface area contributed by atoms with Gasteiger partial charge in [-0.15, -0.1) is 12.4 Å². The minimum atomic E-state index is -0.277. The Labute approximate surface area is 111 Å². The van der Waals surface area contributed by atoms with Crippen LogP contribution < -0.4 is 5.73 Å². The third kappa shape index (κ3) is 3.59. The standard InChI is InChI=1S/C11H16INO.ClH/c1-11(2,7-14)10(13)8-5-3-4-6-9(8)12;/h3-6,10,14H,7,13H2,1-2H3;1H/t10-;/m0./s1. The zero-order valence-corrected chi connectivity index (χ0v) is 11.9. The monoisotopic (exact) mass is 341 g/mol. The zero-order valence-electron chi connectivity index (χ0n) is 8.90. The summed E-state index contributed by atoms with van der Waals surface area (Å²) in [6.07, 6.45) is 0. The van der Waals surface area contributed by atoms with Crippen molar-refractivity contribution in [3.05, 3.63) is 33.4 Å². The lowest BCUT2D eigenvalue weighted by Gasteiger charge is -2.30. The number of hydrogen-bond acceptors (Lipinski definition) is 2. The molecule has 2 nitrogen and oxygen atoms in total. The van der Waals surface area contributed by atoms with Gasteiger partial charge in [0.05, 0.1) is 0 Å². The van der Waals surface area contributed by atoms with Gasteiger partial charge in [0.25, 0.3) is 0 Å². The van der Waals surface area contributed by atoms with Crippen molar-refractivity contribution in [2.45, 2.75) is 19.9 Å². The van der Waals surface area contributed by atoms with Crippen molar-refractivity contribution >= 4 is 35.0 Å². The lowest BCUT2D eigenvalue weighted by Crippen LogP contribution is -2.32. The van der Waals surface area contributed by atoms with Gasteiger partial charge in [-0.2, -0.15) is 0 Å². The van der Waals surface area contributed by atoms with Crippen LogP contribution in [0.4, 0.5) is 0 Å². The van der Waals surface area contributed by atoms with Crippen molar-refractivity contribution in [2.75, 3.05) is 6.61 Å². The van der Waals surface area contributed by atoms with Gasteiger partial charge in [-0.1, -0.05) is 32.0 Å². The average molecular weight is 342 g/mol. The van der Waals surface area contributed by atoms with E-state index in [1.807, 2.05) is 38.1 Å². The van der Waals surface area contributed by atoms with Crippen molar-refractivity contribution in [3.63, 3.8) is 0 Å². The third-order valence-electron chi connectivity index (χ3n) is 2.49. The molecule has 1 aromatic carbocycles. The number of rotatable bonds is 3. The summed E-state index contributed by atoms with van der Waals surface area (Å²) in [7, 11) is 0. The van der Waals surface area contributed by atoms with Crippen LogP contribution in [0.2, 0.25) is 0 Å². The summed E-state index contributed by atoms with van der Waals surface area (Å²) in [6, 6.07) is 7.89. The van der Waals surface area contributed by atoms with Crippen LogP contribution in [0.1, 0.15) is 25.5 Å². The van der Waals surface area contributed by atoms with E-state index in [1.54, 1.807) is 0 Å². The van der Waals surface area contributed by atoms with Gasteiger partial charge in [0.1, 0.15) is 0 Å². The van der Waals surface area contributed by atoms with E-state index in [2.05, 4.69) is 22.6 Å². The lowest BCUT2D eigenvalue weighted by atomic mass is 9.82. The van der Waals surface area contributed by atoms with E-state index in [1.165, 1.54) is 0 Å². The molecule has 0 saturated carbocycles. The van der Waals surface area contributed by atoms with Crippen molar-refractivity contribution in [1.29, 1.82) is 0 Å². The molecule has 86 valence electrons. The highest BCUT2D eigenvalue weighted by molar-refractivity contribution is 14.1. The Morgan fingerprint density at radius 1 is 1.40 bits per heavy atom. The summed E-state index contributed by atoms with van der Waals surface area (Å²) in [5, 5.41) is 9.23. The Bertz CT molecular complexity index is 317. The fourth-order valence-corrected chi connectivity index (χ4v) is 1.97. The van der Waals surface area contributed by atoms with Gasteiger partial charge in [0.15, 0.2) is 0 Å². The fraction of sp³-hybridized carbons (Fsp3) is 0.455. The highest BCUT2D eigenvalue weighted by Gasteiger charge is 2.27. The molecule has 0 heterocycles. The molecule has 0 bridgehead atoms. The summed E-state index contributed by atoms with van der Waals surface area (Å²) in [6.45, 7) is 4.04. The maximum absolute atomic E-state index is 9.23. The minimum Gasteiger partial charge on any atom is -0.396 e. The average Bonchev–Trinajstić information content (AvgIpc) is 2.17. The van der Waals surface area contributed by atoms with Crippen molar-refractivity contribution in [3.8, 4) is 0 Å². The molecule has 0 fully saturated rings. The molecule has 0 aliphatic rings. The Kier molecular flexibility index (Phi) is 6.10. The van der Waals surface area contributed by atoms with Crippen LogP contribution in [0.3, 0.4) is 0 Å². The molecule has 4 heteroatoms. The second-order valence-corrected chi connectivity index (χ2v) is 5.31. The zero-order chi connectivity index (χ0) is 10.8. The Morgan fingerprint density at radius 3 is 2.40 bits per heavy atom. The second-order valence-electron chi connectivity index (χ2n) is 4.15. The highest BCUT2D eigenvalue weighted by atomic mass is 127. The van der Waals surface area contributed by atoms with E-state index in [0.29, 0.717) is 0 Å². The van der Waals surface area contributed by atoms with Gasteiger partial charge in [-0.05, 0) is 34.2 Å². The molecule has 15 heavy (non-hydrogen) atoms. The SMILES string of the molecule is CC(C)(CO)[C@@H](N)c1ccccc1I.Cl. The first kappa shape index (κ1) is 15.2. The lowest BCUT2D eigenvalue weighted by molar-refractivity contribution is 0.132. The first-order chi connectivity index (χ1) is 6.49. The third-order valence-corrected chi connectivity index (χ3v) is 3.47. The van der Waals surface area contributed by atoms with Gasteiger partial charge in [-0.25, -0.2) is 0 Å². The van der Waals surface area contributed by atoms with E-state index in [9.17, 15) is 5.11 Å². The summed E-state index contributed by atoms with van der Waals surface area (Å²) in [5.41, 5.74) is 6.95. The topological polar surface area (TPSA) is 46.2 Å². The molecule has 1 aromatic rings. The quantitative estimate of drug-likeness (QED) is 0.831. The maximum atomic E-state index is 9.23. The predicted molar refractivity (Wildman–Crippen MR) is 74.2 cm³/mol. The number of nitrogens with two attached hydrogens (primary N) is 1. The number of aliphatic hydroxyl groups is 1. The normalized spacial score (nSPS) is 13.1. The maximum Gasteiger partial charge on any atom is 0.0500 e.